The number of halogens is 1. The number of rotatable bonds is 1. The fourth-order valence-corrected chi connectivity index (χ4v) is 5.38. The lowest BCUT2D eigenvalue weighted by Crippen LogP contribution is -2.65. The van der Waals surface area contributed by atoms with E-state index < -0.39 is 16.6 Å². The van der Waals surface area contributed by atoms with Crippen molar-refractivity contribution in [1.29, 1.82) is 0 Å². The van der Waals surface area contributed by atoms with Crippen LogP contribution < -0.4 is 5.32 Å². The highest BCUT2D eigenvalue weighted by molar-refractivity contribution is 5.72. The molecule has 1 aliphatic heterocycles. The number of benzene rings is 1. The van der Waals surface area contributed by atoms with Crippen molar-refractivity contribution in [3.05, 3.63) is 48.0 Å². The minimum absolute atomic E-state index is 0.301. The molecule has 2 unspecified atom stereocenters. The Morgan fingerprint density at radius 3 is 2.81 bits per heavy atom. The molecule has 0 spiro atoms. The van der Waals surface area contributed by atoms with Crippen molar-refractivity contribution in [2.45, 2.75) is 56.6 Å². The number of pyridine rings is 1. The first kappa shape index (κ1) is 16.7. The summed E-state index contributed by atoms with van der Waals surface area (Å²) in [6.07, 6.45) is 4.16. The predicted molar refractivity (Wildman–Crippen MR) is 102 cm³/mol. The number of hydrogen-bond donors (Lipinski definition) is 2. The molecule has 0 saturated heterocycles. The summed E-state index contributed by atoms with van der Waals surface area (Å²) in [5.74, 6) is -0.301. The van der Waals surface area contributed by atoms with E-state index in [2.05, 4.69) is 22.4 Å². The summed E-state index contributed by atoms with van der Waals surface area (Å²) in [7, 11) is 0. The normalized spacial score (nSPS) is 28.6. The second kappa shape index (κ2) is 5.07. The Bertz CT molecular complexity index is 1080. The zero-order valence-electron chi connectivity index (χ0n) is 15.8. The van der Waals surface area contributed by atoms with Gasteiger partial charge in [-0.2, -0.15) is 0 Å². The van der Waals surface area contributed by atoms with Crippen LogP contribution in [0.1, 0.15) is 45.6 Å². The van der Waals surface area contributed by atoms with Crippen LogP contribution in [-0.2, 0) is 5.41 Å². The fourth-order valence-electron chi connectivity index (χ4n) is 5.38. The molecule has 2 N–H and O–H groups in total. The van der Waals surface area contributed by atoms with E-state index in [1.165, 1.54) is 0 Å². The standard InChI is InChI=1S/C21H23FN4O/c1-19(2)21(27)9-5-8-20(21,3)14-10-13(15(22)11-16(14)24-19)17-6-4-7-18-25-23-12-26(17)18/h4,6-7,10-12,24,27H,5,8-9H2,1-3H3. The number of hydrogen-bond acceptors (Lipinski definition) is 4. The first-order valence-electron chi connectivity index (χ1n) is 9.41. The average molecular weight is 366 g/mol. The number of nitrogens with zero attached hydrogens (tertiary/aromatic N) is 3. The van der Waals surface area contributed by atoms with Gasteiger partial charge < -0.3 is 10.4 Å². The Morgan fingerprint density at radius 2 is 2.00 bits per heavy atom. The van der Waals surface area contributed by atoms with Crippen LogP contribution in [0.3, 0.4) is 0 Å². The van der Waals surface area contributed by atoms with E-state index in [0.717, 1.165) is 30.5 Å². The van der Waals surface area contributed by atoms with E-state index in [1.54, 1.807) is 16.8 Å². The van der Waals surface area contributed by atoms with E-state index in [9.17, 15) is 5.11 Å². The van der Waals surface area contributed by atoms with Crippen molar-refractivity contribution in [2.75, 3.05) is 5.32 Å². The van der Waals surface area contributed by atoms with Gasteiger partial charge in [-0.3, -0.25) is 4.40 Å². The van der Waals surface area contributed by atoms with E-state index in [1.807, 2.05) is 38.1 Å². The number of aromatic nitrogens is 3. The van der Waals surface area contributed by atoms with Crippen LogP contribution in [0.25, 0.3) is 16.9 Å². The summed E-state index contributed by atoms with van der Waals surface area (Å²) in [5, 5.41) is 23.0. The highest BCUT2D eigenvalue weighted by atomic mass is 19.1. The summed E-state index contributed by atoms with van der Waals surface area (Å²) in [6.45, 7) is 6.12. The van der Waals surface area contributed by atoms with Gasteiger partial charge in [-0.05, 0) is 62.9 Å². The summed E-state index contributed by atoms with van der Waals surface area (Å²) in [4.78, 5) is 0. The van der Waals surface area contributed by atoms with Crippen LogP contribution in [0.5, 0.6) is 0 Å². The summed E-state index contributed by atoms with van der Waals surface area (Å²) >= 11 is 0. The molecule has 0 radical (unpaired) electrons. The van der Waals surface area contributed by atoms with E-state index in [4.69, 9.17) is 0 Å². The fraction of sp³-hybridized carbons (Fsp3) is 0.429. The Balaban J connectivity index is 1.78. The lowest BCUT2D eigenvalue weighted by Gasteiger charge is -2.55. The maximum atomic E-state index is 15.2. The van der Waals surface area contributed by atoms with Crippen LogP contribution >= 0.6 is 0 Å². The van der Waals surface area contributed by atoms with Crippen molar-refractivity contribution in [3.8, 4) is 11.3 Å². The third kappa shape index (κ3) is 1.96. The third-order valence-corrected chi connectivity index (χ3v) is 6.92. The van der Waals surface area contributed by atoms with Gasteiger partial charge in [-0.25, -0.2) is 4.39 Å². The summed E-state index contributed by atoms with van der Waals surface area (Å²) in [5.41, 5.74) is 1.77. The molecule has 0 bridgehead atoms. The predicted octanol–water partition coefficient (Wildman–Crippen LogP) is 3.91. The van der Waals surface area contributed by atoms with Gasteiger partial charge in [0.15, 0.2) is 5.65 Å². The van der Waals surface area contributed by atoms with Gasteiger partial charge in [-0.1, -0.05) is 13.0 Å². The van der Waals surface area contributed by atoms with Crippen LogP contribution in [0, 0.1) is 5.82 Å². The highest BCUT2D eigenvalue weighted by Crippen LogP contribution is 2.59. The van der Waals surface area contributed by atoms with Crippen molar-refractivity contribution in [3.63, 3.8) is 0 Å². The third-order valence-electron chi connectivity index (χ3n) is 6.92. The number of aliphatic hydroxyl groups is 1. The molecule has 1 aromatic carbocycles. The smallest absolute Gasteiger partial charge is 0.161 e. The van der Waals surface area contributed by atoms with Gasteiger partial charge in [0.1, 0.15) is 12.1 Å². The molecule has 5 rings (SSSR count). The van der Waals surface area contributed by atoms with E-state index >= 15 is 4.39 Å². The zero-order valence-corrected chi connectivity index (χ0v) is 15.8. The lowest BCUT2D eigenvalue weighted by atomic mass is 9.60. The molecule has 1 aliphatic carbocycles. The van der Waals surface area contributed by atoms with Gasteiger partial charge in [0.05, 0.1) is 16.8 Å². The highest BCUT2D eigenvalue weighted by Gasteiger charge is 2.62. The molecule has 1 fully saturated rings. The Kier molecular flexibility index (Phi) is 3.13. The first-order valence-corrected chi connectivity index (χ1v) is 9.41. The Hall–Kier alpha value is -2.47. The number of nitrogens with one attached hydrogen (secondary N) is 1. The van der Waals surface area contributed by atoms with Crippen LogP contribution in [0.4, 0.5) is 10.1 Å². The molecule has 5 nitrogen and oxygen atoms in total. The minimum Gasteiger partial charge on any atom is -0.387 e. The quantitative estimate of drug-likeness (QED) is 0.685. The minimum atomic E-state index is -0.884. The van der Waals surface area contributed by atoms with E-state index in [-0.39, 0.29) is 5.82 Å². The molecule has 3 aromatic rings. The largest absolute Gasteiger partial charge is 0.387 e. The van der Waals surface area contributed by atoms with Crippen molar-refractivity contribution in [2.24, 2.45) is 0 Å². The molecule has 2 aliphatic rings. The summed E-state index contributed by atoms with van der Waals surface area (Å²) < 4.78 is 16.9. The van der Waals surface area contributed by atoms with Crippen LogP contribution in [0.15, 0.2) is 36.7 Å². The second-order valence-electron chi connectivity index (χ2n) is 8.64. The molecular formula is C21H23FN4O. The Labute approximate surface area is 157 Å². The zero-order chi connectivity index (χ0) is 19.0. The summed E-state index contributed by atoms with van der Waals surface area (Å²) in [6, 6.07) is 9.03. The molecule has 0 amide bonds. The monoisotopic (exact) mass is 366 g/mol. The molecular weight excluding hydrogens is 343 g/mol. The van der Waals surface area contributed by atoms with Crippen molar-refractivity contribution < 1.29 is 9.50 Å². The number of anilines is 1. The molecule has 2 atom stereocenters. The van der Waals surface area contributed by atoms with Gasteiger partial charge in [0.25, 0.3) is 0 Å². The van der Waals surface area contributed by atoms with Crippen LogP contribution in [-0.4, -0.2) is 30.8 Å². The SMILES string of the molecule is CC1(C)Nc2cc(F)c(-c3cccc4nncn34)cc2C2(C)CCCC12O. The van der Waals surface area contributed by atoms with Gasteiger partial charge in [0, 0.05) is 16.7 Å². The average Bonchev–Trinajstić information content (AvgIpc) is 3.20. The second-order valence-corrected chi connectivity index (χ2v) is 8.64. The lowest BCUT2D eigenvalue weighted by molar-refractivity contribution is -0.0628. The van der Waals surface area contributed by atoms with Gasteiger partial charge in [-0.15, -0.1) is 10.2 Å². The van der Waals surface area contributed by atoms with Gasteiger partial charge in [0.2, 0.25) is 0 Å². The van der Waals surface area contributed by atoms with E-state index in [0.29, 0.717) is 16.9 Å². The van der Waals surface area contributed by atoms with Crippen molar-refractivity contribution >= 4 is 11.3 Å². The molecule has 27 heavy (non-hydrogen) atoms. The van der Waals surface area contributed by atoms with Crippen LogP contribution in [0.2, 0.25) is 0 Å². The molecule has 3 heterocycles. The number of fused-ring (bicyclic) bond motifs is 4. The van der Waals surface area contributed by atoms with Crippen molar-refractivity contribution in [1.82, 2.24) is 14.6 Å². The maximum Gasteiger partial charge on any atom is 0.161 e. The van der Waals surface area contributed by atoms with Gasteiger partial charge >= 0.3 is 0 Å². The topological polar surface area (TPSA) is 62.5 Å². The molecule has 2 aromatic heterocycles. The molecule has 1 saturated carbocycles. The first-order chi connectivity index (χ1) is 12.8. The molecule has 6 heteroatoms. The maximum absolute atomic E-state index is 15.2. The Morgan fingerprint density at radius 1 is 1.19 bits per heavy atom. The molecule has 140 valence electrons.